The van der Waals surface area contributed by atoms with E-state index in [1.807, 2.05) is 20.8 Å². The highest BCUT2D eigenvalue weighted by Gasteiger charge is 2.09. The maximum Gasteiger partial charge on any atom is 0.126 e. The van der Waals surface area contributed by atoms with Gasteiger partial charge in [0.2, 0.25) is 0 Å². The molecule has 0 aromatic heterocycles. The zero-order chi connectivity index (χ0) is 11.6. The van der Waals surface area contributed by atoms with Crippen LogP contribution in [0.2, 0.25) is 0 Å². The minimum absolute atomic E-state index is 0.216. The van der Waals surface area contributed by atoms with Crippen LogP contribution in [0.25, 0.3) is 0 Å². The largest absolute Gasteiger partial charge is 0.383 e. The normalized spacial score (nSPS) is 13.0. The van der Waals surface area contributed by atoms with E-state index in [0.29, 0.717) is 11.4 Å². The highest BCUT2D eigenvalue weighted by atomic mass is 19.1. The van der Waals surface area contributed by atoms with Gasteiger partial charge in [-0.15, -0.1) is 0 Å². The molecule has 0 heterocycles. The summed E-state index contributed by atoms with van der Waals surface area (Å²) in [5, 5.41) is 0. The van der Waals surface area contributed by atoms with Crippen molar-refractivity contribution in [3.8, 4) is 0 Å². The fraction of sp³-hybridized carbons (Fsp3) is 0.417. The van der Waals surface area contributed by atoms with Crippen molar-refractivity contribution in [2.45, 2.75) is 33.2 Å². The number of amidine groups is 1. The van der Waals surface area contributed by atoms with E-state index in [4.69, 9.17) is 5.73 Å². The molecule has 2 nitrogen and oxygen atoms in total. The first-order valence-corrected chi connectivity index (χ1v) is 4.91. The molecule has 0 radical (unpaired) electrons. The van der Waals surface area contributed by atoms with Crippen LogP contribution in [0.4, 0.5) is 4.39 Å². The molecule has 15 heavy (non-hydrogen) atoms. The van der Waals surface area contributed by atoms with E-state index in [1.165, 1.54) is 6.07 Å². The van der Waals surface area contributed by atoms with Crippen molar-refractivity contribution in [2.75, 3.05) is 0 Å². The second kappa shape index (κ2) is 4.01. The fourth-order valence-corrected chi connectivity index (χ4v) is 1.23. The molecule has 0 spiro atoms. The predicted octanol–water partition coefficient (Wildman–Crippen LogP) is 2.64. The van der Waals surface area contributed by atoms with Crippen LogP contribution in [0, 0.1) is 12.7 Å². The van der Waals surface area contributed by atoms with Crippen molar-refractivity contribution in [3.05, 3.63) is 35.1 Å². The molecule has 0 aliphatic heterocycles. The number of hydrogen-bond acceptors (Lipinski definition) is 1. The molecule has 0 saturated heterocycles. The minimum atomic E-state index is -0.220. The summed E-state index contributed by atoms with van der Waals surface area (Å²) in [7, 11) is 0. The lowest BCUT2D eigenvalue weighted by Crippen LogP contribution is -2.21. The number of halogens is 1. The van der Waals surface area contributed by atoms with E-state index in [9.17, 15) is 4.39 Å². The first-order valence-electron chi connectivity index (χ1n) is 4.91. The molecule has 0 aliphatic carbocycles. The lowest BCUT2D eigenvalue weighted by Gasteiger charge is -2.14. The van der Waals surface area contributed by atoms with Gasteiger partial charge in [-0.1, -0.05) is 0 Å². The molecule has 1 rings (SSSR count). The molecule has 1 aromatic rings. The van der Waals surface area contributed by atoms with Gasteiger partial charge in [0.1, 0.15) is 11.7 Å². The summed E-state index contributed by atoms with van der Waals surface area (Å²) < 4.78 is 13.0. The Morgan fingerprint density at radius 2 is 1.93 bits per heavy atom. The second-order valence-corrected chi connectivity index (χ2v) is 4.63. The molecule has 2 N–H and O–H groups in total. The van der Waals surface area contributed by atoms with Gasteiger partial charge in [0.25, 0.3) is 0 Å². The van der Waals surface area contributed by atoms with Gasteiger partial charge >= 0.3 is 0 Å². The monoisotopic (exact) mass is 208 g/mol. The summed E-state index contributed by atoms with van der Waals surface area (Å²) in [5.74, 6) is 0.230. The summed E-state index contributed by atoms with van der Waals surface area (Å²) >= 11 is 0. The van der Waals surface area contributed by atoms with Crippen LogP contribution in [-0.4, -0.2) is 11.4 Å². The smallest absolute Gasteiger partial charge is 0.126 e. The van der Waals surface area contributed by atoms with Crippen LogP contribution in [0.1, 0.15) is 31.9 Å². The van der Waals surface area contributed by atoms with Gasteiger partial charge in [-0.25, -0.2) is 4.39 Å². The second-order valence-electron chi connectivity index (χ2n) is 4.63. The van der Waals surface area contributed by atoms with Gasteiger partial charge < -0.3 is 5.73 Å². The lowest BCUT2D eigenvalue weighted by molar-refractivity contribution is 0.583. The molecule has 0 unspecified atom stereocenters. The summed E-state index contributed by atoms with van der Waals surface area (Å²) in [4.78, 5) is 4.32. The predicted molar refractivity (Wildman–Crippen MR) is 61.6 cm³/mol. The van der Waals surface area contributed by atoms with Crippen molar-refractivity contribution >= 4 is 5.84 Å². The minimum Gasteiger partial charge on any atom is -0.383 e. The summed E-state index contributed by atoms with van der Waals surface area (Å²) in [6.07, 6.45) is 0. The van der Waals surface area contributed by atoms with Gasteiger partial charge in [0.15, 0.2) is 0 Å². The highest BCUT2D eigenvalue weighted by molar-refractivity contribution is 5.97. The van der Waals surface area contributed by atoms with Crippen LogP contribution < -0.4 is 5.73 Å². The van der Waals surface area contributed by atoms with Gasteiger partial charge in [-0.2, -0.15) is 0 Å². The number of aliphatic imine (C=N–C) groups is 1. The van der Waals surface area contributed by atoms with E-state index < -0.39 is 0 Å². The zero-order valence-electron chi connectivity index (χ0n) is 9.63. The quantitative estimate of drug-likeness (QED) is 0.559. The molecule has 1 aromatic carbocycles. The van der Waals surface area contributed by atoms with Crippen molar-refractivity contribution < 1.29 is 4.39 Å². The maximum absolute atomic E-state index is 13.0. The van der Waals surface area contributed by atoms with Crippen molar-refractivity contribution in [2.24, 2.45) is 10.7 Å². The van der Waals surface area contributed by atoms with Gasteiger partial charge in [-0.3, -0.25) is 4.99 Å². The molecular formula is C12H17FN2. The van der Waals surface area contributed by atoms with Crippen LogP contribution in [0.15, 0.2) is 23.2 Å². The van der Waals surface area contributed by atoms with Crippen molar-refractivity contribution in [3.63, 3.8) is 0 Å². The Bertz CT molecular complexity index is 389. The molecule has 3 heteroatoms. The summed E-state index contributed by atoms with van der Waals surface area (Å²) in [5.41, 5.74) is 6.96. The third-order valence-corrected chi connectivity index (χ3v) is 1.91. The van der Waals surface area contributed by atoms with Crippen molar-refractivity contribution in [1.82, 2.24) is 0 Å². The fourth-order valence-electron chi connectivity index (χ4n) is 1.23. The Labute approximate surface area is 90.0 Å². The van der Waals surface area contributed by atoms with E-state index in [0.717, 1.165) is 5.56 Å². The van der Waals surface area contributed by atoms with E-state index in [1.54, 1.807) is 19.1 Å². The summed E-state index contributed by atoms with van der Waals surface area (Å²) in [6.45, 7) is 7.62. The SMILES string of the molecule is Cc1cc(C(N)=NC(C)(C)C)ccc1F. The Balaban J connectivity index is 3.07. The standard InChI is InChI=1S/C12H17FN2/c1-8-7-9(5-6-10(8)13)11(14)15-12(2,3)4/h5-7H,1-4H3,(H2,14,15). The lowest BCUT2D eigenvalue weighted by atomic mass is 10.1. The topological polar surface area (TPSA) is 38.4 Å². The number of rotatable bonds is 1. The van der Waals surface area contributed by atoms with Gasteiger partial charge in [0.05, 0.1) is 5.54 Å². The molecule has 0 fully saturated rings. The van der Waals surface area contributed by atoms with E-state index >= 15 is 0 Å². The molecule has 0 atom stereocenters. The molecule has 82 valence electrons. The third-order valence-electron chi connectivity index (χ3n) is 1.91. The van der Waals surface area contributed by atoms with Crippen LogP contribution in [0.5, 0.6) is 0 Å². The molecule has 0 amide bonds. The van der Waals surface area contributed by atoms with E-state index in [-0.39, 0.29) is 11.4 Å². The van der Waals surface area contributed by atoms with Gasteiger partial charge in [-0.05, 0) is 51.5 Å². The number of nitrogens with two attached hydrogens (primary N) is 1. The number of aryl methyl sites for hydroxylation is 1. The Hall–Kier alpha value is -1.38. The number of benzene rings is 1. The van der Waals surface area contributed by atoms with Crippen LogP contribution in [-0.2, 0) is 0 Å². The van der Waals surface area contributed by atoms with Gasteiger partial charge in [0, 0.05) is 5.56 Å². The average molecular weight is 208 g/mol. The van der Waals surface area contributed by atoms with Crippen LogP contribution in [0.3, 0.4) is 0 Å². The highest BCUT2D eigenvalue weighted by Crippen LogP contribution is 2.12. The Morgan fingerprint density at radius 3 is 2.40 bits per heavy atom. The molecule has 0 aliphatic rings. The first-order chi connectivity index (χ1) is 6.79. The zero-order valence-corrected chi connectivity index (χ0v) is 9.63. The third kappa shape index (κ3) is 3.35. The summed E-state index contributed by atoms with van der Waals surface area (Å²) in [6, 6.07) is 4.77. The average Bonchev–Trinajstić information content (AvgIpc) is 2.06. The molecule has 0 bridgehead atoms. The maximum atomic E-state index is 13.0. The number of nitrogens with zero attached hydrogens (tertiary/aromatic N) is 1. The van der Waals surface area contributed by atoms with E-state index in [2.05, 4.69) is 4.99 Å². The molecule has 0 saturated carbocycles. The van der Waals surface area contributed by atoms with Crippen LogP contribution >= 0.6 is 0 Å². The first kappa shape index (κ1) is 11.7. The molecular weight excluding hydrogens is 191 g/mol. The number of hydrogen-bond donors (Lipinski definition) is 1. The van der Waals surface area contributed by atoms with Crippen molar-refractivity contribution in [1.29, 1.82) is 0 Å². The Kier molecular flexibility index (Phi) is 3.12. The Morgan fingerprint density at radius 1 is 1.33 bits per heavy atom.